The summed E-state index contributed by atoms with van der Waals surface area (Å²) in [5.74, 6) is -3.74. The van der Waals surface area contributed by atoms with Crippen molar-refractivity contribution in [2.24, 2.45) is 28.6 Å². The first kappa shape index (κ1) is 29.5. The van der Waals surface area contributed by atoms with Crippen molar-refractivity contribution in [1.29, 1.82) is 0 Å². The van der Waals surface area contributed by atoms with E-state index in [1.54, 1.807) is 33.8 Å². The van der Waals surface area contributed by atoms with E-state index in [2.05, 4.69) is 0 Å². The van der Waals surface area contributed by atoms with Crippen LogP contribution in [0.15, 0.2) is 23.8 Å². The zero-order chi connectivity index (χ0) is 28.4. The SMILES string of the molecule is CCC(=O)OCC(=O)[C@]1(OC(=O)CC)[C@H](C)C[C@H]2[C@@H]3[C@H](Cl)[C@@H](F)C4=CC(=O)C=C[C@]4(C)[C@@]3(Cl)[C@@H](Cl)C[C@@]21C. The Morgan fingerprint density at radius 3 is 2.37 bits per heavy atom. The van der Waals surface area contributed by atoms with Gasteiger partial charge in [-0.1, -0.05) is 40.7 Å². The average molecular weight is 592 g/mol. The van der Waals surface area contributed by atoms with Crippen LogP contribution in [-0.2, 0) is 28.7 Å². The number of ketones is 2. The van der Waals surface area contributed by atoms with Crippen LogP contribution in [0.5, 0.6) is 0 Å². The van der Waals surface area contributed by atoms with Gasteiger partial charge in [-0.2, -0.15) is 0 Å². The highest BCUT2D eigenvalue weighted by molar-refractivity contribution is 6.35. The standard InChI is InChI=1S/C28H34Cl3FO6/c1-6-20(35)37-13-19(34)28(38-21(36)7-2)14(3)10-16-22-23(30)24(32)17-11-15(33)8-9-25(17,4)27(22,31)18(29)12-26(16,28)5/h8-9,11,14,16,18,22-24H,6-7,10,12-13H2,1-5H3/t14-,16+,18+,22-,23+,24+,25+,26+,27-,28-/m1/s1. The van der Waals surface area contributed by atoms with Crippen LogP contribution in [0.25, 0.3) is 0 Å². The summed E-state index contributed by atoms with van der Waals surface area (Å²) in [6.45, 7) is 8.07. The molecule has 4 aliphatic rings. The number of Topliss-reactive ketones (excluding diaryl/α,β-unsaturated/α-hetero) is 1. The van der Waals surface area contributed by atoms with Crippen molar-refractivity contribution >= 4 is 58.3 Å². The molecule has 3 saturated carbocycles. The first-order chi connectivity index (χ1) is 17.6. The third kappa shape index (κ3) is 3.77. The predicted molar refractivity (Wildman–Crippen MR) is 142 cm³/mol. The molecule has 3 fully saturated rings. The second kappa shape index (κ2) is 9.88. The lowest BCUT2D eigenvalue weighted by Gasteiger charge is -2.65. The molecule has 10 atom stereocenters. The minimum atomic E-state index is -1.68. The first-order valence-electron chi connectivity index (χ1n) is 13.1. The molecule has 6 nitrogen and oxygen atoms in total. The molecule has 0 amide bonds. The second-order valence-corrected chi connectivity index (χ2v) is 13.2. The summed E-state index contributed by atoms with van der Waals surface area (Å²) in [5.41, 5.74) is -3.67. The smallest absolute Gasteiger partial charge is 0.306 e. The van der Waals surface area contributed by atoms with E-state index >= 15 is 4.39 Å². The van der Waals surface area contributed by atoms with E-state index in [4.69, 9.17) is 44.3 Å². The lowest BCUT2D eigenvalue weighted by molar-refractivity contribution is -0.196. The van der Waals surface area contributed by atoms with Gasteiger partial charge in [0.2, 0.25) is 5.78 Å². The van der Waals surface area contributed by atoms with Gasteiger partial charge in [0.05, 0.1) is 15.6 Å². The van der Waals surface area contributed by atoms with Gasteiger partial charge in [0.25, 0.3) is 0 Å². The summed E-state index contributed by atoms with van der Waals surface area (Å²) in [5, 5.41) is -1.98. The molecule has 0 bridgehead atoms. The number of halogens is 4. The minimum Gasteiger partial charge on any atom is -0.457 e. The summed E-state index contributed by atoms with van der Waals surface area (Å²) in [6, 6.07) is 0. The predicted octanol–water partition coefficient (Wildman–Crippen LogP) is 5.50. The molecular formula is C28H34Cl3FO6. The maximum absolute atomic E-state index is 16.0. The Hall–Kier alpha value is -1.44. The number of fused-ring (bicyclic) bond motifs is 5. The second-order valence-electron chi connectivity index (χ2n) is 11.5. The van der Waals surface area contributed by atoms with Crippen LogP contribution in [-0.4, -0.2) is 57.5 Å². The van der Waals surface area contributed by atoms with Crippen molar-refractivity contribution in [3.63, 3.8) is 0 Å². The summed E-state index contributed by atoms with van der Waals surface area (Å²) in [6.07, 6.45) is 3.20. The van der Waals surface area contributed by atoms with Crippen molar-refractivity contribution in [1.82, 2.24) is 0 Å². The molecule has 38 heavy (non-hydrogen) atoms. The number of rotatable bonds is 6. The molecular weight excluding hydrogens is 558 g/mol. The molecule has 10 heteroatoms. The molecule has 0 aromatic heterocycles. The normalized spacial score (nSPS) is 45.4. The number of ether oxygens (including phenoxy) is 2. The number of hydrogen-bond donors (Lipinski definition) is 0. The molecule has 0 N–H and O–H groups in total. The quantitative estimate of drug-likeness (QED) is 0.300. The van der Waals surface area contributed by atoms with E-state index in [0.717, 1.165) is 0 Å². The van der Waals surface area contributed by atoms with Gasteiger partial charge in [-0.25, -0.2) is 4.39 Å². The molecule has 4 rings (SSSR count). The van der Waals surface area contributed by atoms with Gasteiger partial charge in [-0.15, -0.1) is 34.8 Å². The van der Waals surface area contributed by atoms with Crippen LogP contribution in [0.4, 0.5) is 4.39 Å². The zero-order valence-electron chi connectivity index (χ0n) is 22.2. The molecule has 0 aromatic rings. The van der Waals surface area contributed by atoms with Gasteiger partial charge in [0.1, 0.15) is 6.17 Å². The van der Waals surface area contributed by atoms with Crippen molar-refractivity contribution in [3.05, 3.63) is 23.8 Å². The number of hydrogen-bond acceptors (Lipinski definition) is 6. The average Bonchev–Trinajstić information content (AvgIpc) is 3.08. The topological polar surface area (TPSA) is 86.7 Å². The summed E-state index contributed by atoms with van der Waals surface area (Å²) in [7, 11) is 0. The van der Waals surface area contributed by atoms with Gasteiger partial charge in [0.15, 0.2) is 18.0 Å². The number of allylic oxidation sites excluding steroid dienone is 4. The van der Waals surface area contributed by atoms with E-state index < -0.39 is 80.3 Å². The van der Waals surface area contributed by atoms with Crippen molar-refractivity contribution < 1.29 is 33.0 Å². The number of alkyl halides is 4. The van der Waals surface area contributed by atoms with Crippen LogP contribution in [0, 0.1) is 28.6 Å². The molecule has 0 aliphatic heterocycles. The Balaban J connectivity index is 1.87. The molecule has 210 valence electrons. The number of carbonyl (C=O) groups excluding carboxylic acids is 4. The Kier molecular flexibility index (Phi) is 7.68. The minimum absolute atomic E-state index is 0.0279. The lowest BCUT2D eigenvalue weighted by atomic mass is 9.45. The maximum Gasteiger partial charge on any atom is 0.306 e. The van der Waals surface area contributed by atoms with E-state index in [1.165, 1.54) is 12.2 Å². The fraction of sp³-hybridized carbons (Fsp3) is 0.714. The Morgan fingerprint density at radius 2 is 1.76 bits per heavy atom. The van der Waals surface area contributed by atoms with Crippen molar-refractivity contribution in [3.8, 4) is 0 Å². The van der Waals surface area contributed by atoms with Gasteiger partial charge >= 0.3 is 11.9 Å². The highest BCUT2D eigenvalue weighted by atomic mass is 35.5. The summed E-state index contributed by atoms with van der Waals surface area (Å²) >= 11 is 21.5. The van der Waals surface area contributed by atoms with Crippen molar-refractivity contribution in [2.75, 3.05) is 6.61 Å². The van der Waals surface area contributed by atoms with E-state index in [-0.39, 0.29) is 30.6 Å². The Labute approximate surface area is 237 Å². The van der Waals surface area contributed by atoms with Gasteiger partial charge in [0, 0.05) is 35.5 Å². The summed E-state index contributed by atoms with van der Waals surface area (Å²) in [4.78, 5) is 49.5. The molecule has 0 aromatic carbocycles. The fourth-order valence-corrected chi connectivity index (χ4v) is 9.68. The zero-order valence-corrected chi connectivity index (χ0v) is 24.5. The van der Waals surface area contributed by atoms with Crippen LogP contribution in [0.3, 0.4) is 0 Å². The van der Waals surface area contributed by atoms with Gasteiger partial charge in [-0.05, 0) is 36.5 Å². The Bertz CT molecular complexity index is 1120. The van der Waals surface area contributed by atoms with E-state index in [9.17, 15) is 19.2 Å². The monoisotopic (exact) mass is 590 g/mol. The largest absolute Gasteiger partial charge is 0.457 e. The Morgan fingerprint density at radius 1 is 1.13 bits per heavy atom. The molecule has 0 spiro atoms. The summed E-state index contributed by atoms with van der Waals surface area (Å²) < 4.78 is 27.3. The highest BCUT2D eigenvalue weighted by Gasteiger charge is 2.78. The van der Waals surface area contributed by atoms with Crippen LogP contribution < -0.4 is 0 Å². The van der Waals surface area contributed by atoms with Crippen LogP contribution in [0.1, 0.15) is 60.3 Å². The fourth-order valence-electron chi connectivity index (χ4n) is 7.88. The molecule has 0 unspecified atom stereocenters. The van der Waals surface area contributed by atoms with E-state index in [0.29, 0.717) is 6.42 Å². The maximum atomic E-state index is 16.0. The van der Waals surface area contributed by atoms with Gasteiger partial charge in [-0.3, -0.25) is 19.2 Å². The lowest BCUT2D eigenvalue weighted by Crippen LogP contribution is -2.72. The van der Waals surface area contributed by atoms with Gasteiger partial charge < -0.3 is 9.47 Å². The number of esters is 2. The van der Waals surface area contributed by atoms with E-state index in [1.807, 2.05) is 6.92 Å². The molecule has 0 saturated heterocycles. The van der Waals surface area contributed by atoms with Crippen LogP contribution >= 0.6 is 34.8 Å². The third-order valence-corrected chi connectivity index (χ3v) is 11.8. The highest BCUT2D eigenvalue weighted by Crippen LogP contribution is 2.73. The molecule has 4 aliphatic carbocycles. The number of carbonyl (C=O) groups is 4. The molecule has 0 heterocycles. The molecule has 0 radical (unpaired) electrons. The third-order valence-electron chi connectivity index (χ3n) is 9.77. The van der Waals surface area contributed by atoms with Crippen molar-refractivity contribution in [2.45, 2.75) is 87.7 Å². The first-order valence-corrected chi connectivity index (χ1v) is 14.4. The van der Waals surface area contributed by atoms with Crippen LogP contribution in [0.2, 0.25) is 0 Å².